The smallest absolute Gasteiger partial charge is 0.319 e. The van der Waals surface area contributed by atoms with Crippen molar-refractivity contribution in [3.63, 3.8) is 0 Å². The maximum absolute atomic E-state index is 11.6. The molecule has 0 bridgehead atoms. The molecule has 2 rings (SSSR count). The Balaban J connectivity index is 1.83. The molecule has 2 unspecified atom stereocenters. The Morgan fingerprint density at radius 3 is 2.61 bits per heavy atom. The molecule has 1 aliphatic carbocycles. The van der Waals surface area contributed by atoms with Crippen LogP contribution in [-0.4, -0.2) is 33.1 Å². The van der Waals surface area contributed by atoms with E-state index in [4.69, 9.17) is 5.11 Å². The molecule has 0 aromatic carbocycles. The van der Waals surface area contributed by atoms with E-state index < -0.39 is 17.9 Å². The zero-order valence-corrected chi connectivity index (χ0v) is 9.41. The number of anilines is 1. The number of urea groups is 1. The van der Waals surface area contributed by atoms with E-state index in [0.29, 0.717) is 12.1 Å². The largest absolute Gasteiger partial charge is 0.481 e. The van der Waals surface area contributed by atoms with Crippen molar-refractivity contribution in [2.75, 3.05) is 5.32 Å². The van der Waals surface area contributed by atoms with Gasteiger partial charge in [-0.15, -0.1) is 0 Å². The second kappa shape index (κ2) is 5.26. The number of carbonyl (C=O) groups excluding carboxylic acids is 1. The number of hydrogen-bond acceptors (Lipinski definition) is 4. The van der Waals surface area contributed by atoms with Crippen LogP contribution in [0.3, 0.4) is 0 Å². The zero-order chi connectivity index (χ0) is 13.0. The molecule has 2 amide bonds. The summed E-state index contributed by atoms with van der Waals surface area (Å²) in [6, 6.07) is -0.679. The van der Waals surface area contributed by atoms with Gasteiger partial charge >= 0.3 is 12.0 Å². The number of aliphatic carboxylic acids is 1. The highest BCUT2D eigenvalue weighted by atomic mass is 16.4. The van der Waals surface area contributed by atoms with E-state index in [9.17, 15) is 9.59 Å². The van der Waals surface area contributed by atoms with Gasteiger partial charge in [-0.05, 0) is 6.42 Å². The van der Waals surface area contributed by atoms with Crippen molar-refractivity contribution < 1.29 is 14.7 Å². The average molecular weight is 248 g/mol. The number of rotatable bonds is 3. The van der Waals surface area contributed by atoms with Crippen LogP contribution in [0.15, 0.2) is 30.9 Å². The van der Waals surface area contributed by atoms with Gasteiger partial charge in [-0.1, -0.05) is 12.2 Å². The third-order valence-corrected chi connectivity index (χ3v) is 2.54. The van der Waals surface area contributed by atoms with Gasteiger partial charge in [-0.25, -0.2) is 14.8 Å². The lowest BCUT2D eigenvalue weighted by atomic mass is 10.1. The second-order valence-corrected chi connectivity index (χ2v) is 3.90. The molecule has 0 radical (unpaired) electrons. The van der Waals surface area contributed by atoms with Crippen molar-refractivity contribution in [2.45, 2.75) is 12.5 Å². The van der Waals surface area contributed by atoms with Gasteiger partial charge in [0.05, 0.1) is 30.0 Å². The van der Waals surface area contributed by atoms with Crippen molar-refractivity contribution in [2.24, 2.45) is 5.92 Å². The summed E-state index contributed by atoms with van der Waals surface area (Å²) in [6.07, 6.45) is 7.93. The molecule has 7 nitrogen and oxygen atoms in total. The van der Waals surface area contributed by atoms with Crippen LogP contribution in [0, 0.1) is 5.92 Å². The topological polar surface area (TPSA) is 104 Å². The molecule has 94 valence electrons. The Hall–Kier alpha value is -2.44. The summed E-state index contributed by atoms with van der Waals surface area (Å²) in [6.45, 7) is 0. The van der Waals surface area contributed by atoms with Crippen molar-refractivity contribution in [1.29, 1.82) is 0 Å². The van der Waals surface area contributed by atoms with Crippen molar-refractivity contribution >= 4 is 17.7 Å². The molecule has 2 atom stereocenters. The van der Waals surface area contributed by atoms with Crippen LogP contribution < -0.4 is 10.6 Å². The van der Waals surface area contributed by atoms with Crippen LogP contribution in [0.25, 0.3) is 0 Å². The Bertz CT molecular complexity index is 474. The van der Waals surface area contributed by atoms with E-state index in [1.54, 1.807) is 12.2 Å². The normalized spacial score (nSPS) is 21.6. The van der Waals surface area contributed by atoms with E-state index in [2.05, 4.69) is 20.6 Å². The summed E-state index contributed by atoms with van der Waals surface area (Å²) >= 11 is 0. The quantitative estimate of drug-likeness (QED) is 0.680. The SMILES string of the molecule is O=C(Nc1cncnc1)NC1C=CC(C(=O)O)C1. The van der Waals surface area contributed by atoms with Crippen LogP contribution in [-0.2, 0) is 4.79 Å². The third kappa shape index (κ3) is 3.03. The lowest BCUT2D eigenvalue weighted by Crippen LogP contribution is -2.36. The Morgan fingerprint density at radius 1 is 1.28 bits per heavy atom. The van der Waals surface area contributed by atoms with Gasteiger partial charge in [0.25, 0.3) is 0 Å². The number of hydrogen-bond donors (Lipinski definition) is 3. The Kier molecular flexibility index (Phi) is 3.52. The number of carboxylic acids is 1. The number of aromatic nitrogens is 2. The number of carboxylic acid groups (broad SMARTS) is 1. The maximum atomic E-state index is 11.6. The van der Waals surface area contributed by atoms with Crippen molar-refractivity contribution in [3.05, 3.63) is 30.9 Å². The highest BCUT2D eigenvalue weighted by molar-refractivity contribution is 5.89. The third-order valence-electron chi connectivity index (χ3n) is 2.54. The molecule has 0 saturated carbocycles. The first kappa shape index (κ1) is 12.0. The lowest BCUT2D eigenvalue weighted by molar-refractivity contribution is -0.140. The van der Waals surface area contributed by atoms with Crippen molar-refractivity contribution in [1.82, 2.24) is 15.3 Å². The van der Waals surface area contributed by atoms with Gasteiger partial charge in [0, 0.05) is 0 Å². The molecule has 1 aromatic heterocycles. The van der Waals surface area contributed by atoms with Gasteiger partial charge in [0.15, 0.2) is 0 Å². The fourth-order valence-electron chi connectivity index (χ4n) is 1.69. The first-order valence-corrected chi connectivity index (χ1v) is 5.39. The molecular weight excluding hydrogens is 236 g/mol. The van der Waals surface area contributed by atoms with Crippen LogP contribution in [0.4, 0.5) is 10.5 Å². The minimum absolute atomic E-state index is 0.268. The first-order valence-electron chi connectivity index (χ1n) is 5.39. The van der Waals surface area contributed by atoms with Gasteiger partial charge in [-0.2, -0.15) is 0 Å². The number of nitrogens with zero attached hydrogens (tertiary/aromatic N) is 2. The number of nitrogens with one attached hydrogen (secondary N) is 2. The van der Waals surface area contributed by atoms with Gasteiger partial charge < -0.3 is 15.7 Å². The predicted octanol–water partition coefficient (Wildman–Crippen LogP) is 0.627. The fraction of sp³-hybridized carbons (Fsp3) is 0.273. The fourth-order valence-corrected chi connectivity index (χ4v) is 1.69. The van der Waals surface area contributed by atoms with Gasteiger partial charge in [0.2, 0.25) is 0 Å². The average Bonchev–Trinajstić information content (AvgIpc) is 2.78. The molecule has 18 heavy (non-hydrogen) atoms. The van der Waals surface area contributed by atoms with E-state index in [1.807, 2.05) is 0 Å². The number of amides is 2. The van der Waals surface area contributed by atoms with Gasteiger partial charge in [-0.3, -0.25) is 4.79 Å². The van der Waals surface area contributed by atoms with E-state index in [0.717, 1.165) is 0 Å². The minimum Gasteiger partial charge on any atom is -0.481 e. The van der Waals surface area contributed by atoms with Crippen LogP contribution in [0.1, 0.15) is 6.42 Å². The van der Waals surface area contributed by atoms with Crippen LogP contribution >= 0.6 is 0 Å². The van der Waals surface area contributed by atoms with Crippen LogP contribution in [0.5, 0.6) is 0 Å². The second-order valence-electron chi connectivity index (χ2n) is 3.90. The summed E-state index contributed by atoms with van der Waals surface area (Å²) in [7, 11) is 0. The van der Waals surface area contributed by atoms with E-state index in [1.165, 1.54) is 18.7 Å². The number of carbonyl (C=O) groups is 2. The molecule has 0 saturated heterocycles. The van der Waals surface area contributed by atoms with Crippen LogP contribution in [0.2, 0.25) is 0 Å². The lowest BCUT2D eigenvalue weighted by Gasteiger charge is -2.12. The molecule has 1 aromatic rings. The summed E-state index contributed by atoms with van der Waals surface area (Å²) in [5, 5.41) is 14.0. The maximum Gasteiger partial charge on any atom is 0.319 e. The summed E-state index contributed by atoms with van der Waals surface area (Å²) in [5.41, 5.74) is 0.478. The summed E-state index contributed by atoms with van der Waals surface area (Å²) in [5.74, 6) is -1.41. The minimum atomic E-state index is -0.882. The predicted molar refractivity (Wildman–Crippen MR) is 62.9 cm³/mol. The standard InChI is InChI=1S/C11H12N4O3/c16-10(17)7-1-2-8(3-7)14-11(18)15-9-4-12-6-13-5-9/h1-2,4-8H,3H2,(H,16,17)(H2,14,15,18). The van der Waals surface area contributed by atoms with E-state index >= 15 is 0 Å². The molecular formula is C11H12N4O3. The molecule has 7 heteroatoms. The molecule has 1 heterocycles. The van der Waals surface area contributed by atoms with Gasteiger partial charge in [0.1, 0.15) is 6.33 Å². The summed E-state index contributed by atoms with van der Waals surface area (Å²) < 4.78 is 0. The molecule has 3 N–H and O–H groups in total. The molecule has 0 spiro atoms. The highest BCUT2D eigenvalue weighted by Gasteiger charge is 2.25. The first-order chi connectivity index (χ1) is 8.65. The molecule has 0 fully saturated rings. The van der Waals surface area contributed by atoms with E-state index in [-0.39, 0.29) is 6.04 Å². The molecule has 0 aliphatic heterocycles. The monoisotopic (exact) mass is 248 g/mol. The Labute approximate surface area is 103 Å². The van der Waals surface area contributed by atoms with Crippen molar-refractivity contribution in [3.8, 4) is 0 Å². The Morgan fingerprint density at radius 2 is 2.00 bits per heavy atom. The highest BCUT2D eigenvalue weighted by Crippen LogP contribution is 2.17. The molecule has 1 aliphatic rings. The zero-order valence-electron chi connectivity index (χ0n) is 9.41. The summed E-state index contributed by atoms with van der Waals surface area (Å²) in [4.78, 5) is 29.8.